The van der Waals surface area contributed by atoms with Gasteiger partial charge in [0, 0.05) is 6.42 Å². The number of nitrogens with one attached hydrogen (secondary N) is 1. The van der Waals surface area contributed by atoms with E-state index in [0.717, 1.165) is 18.4 Å². The summed E-state index contributed by atoms with van der Waals surface area (Å²) >= 11 is 0. The maximum Gasteiger partial charge on any atom is 0.331 e. The first-order valence-electron chi connectivity index (χ1n) is 8.03. The van der Waals surface area contributed by atoms with E-state index < -0.39 is 11.5 Å². The van der Waals surface area contributed by atoms with Crippen LogP contribution in [0.2, 0.25) is 0 Å². The number of carboxylic acid groups (broad SMARTS) is 1. The highest BCUT2D eigenvalue weighted by Gasteiger charge is 2.47. The Morgan fingerprint density at radius 2 is 1.86 bits per heavy atom. The monoisotopic (exact) mass is 303 g/mol. The summed E-state index contributed by atoms with van der Waals surface area (Å²) < 4.78 is 0. The summed E-state index contributed by atoms with van der Waals surface area (Å²) in [4.78, 5) is 23.8. The van der Waals surface area contributed by atoms with Crippen LogP contribution in [0.15, 0.2) is 24.3 Å². The standard InChI is InChI=1S/C18H25NO3/c1-13(2)12-15-6-4-14(5-7-15)8-9-16(20)18(17(21)22)10-3-11-19-18/h4-7,13,19H,3,8-12H2,1-2H3,(H,21,22)/t18-/m1/s1. The fourth-order valence-electron chi connectivity index (χ4n) is 3.07. The Morgan fingerprint density at radius 1 is 1.23 bits per heavy atom. The van der Waals surface area contributed by atoms with Crippen molar-refractivity contribution in [2.24, 2.45) is 5.92 Å². The zero-order valence-corrected chi connectivity index (χ0v) is 13.4. The van der Waals surface area contributed by atoms with Crippen LogP contribution in [0.3, 0.4) is 0 Å². The third-order valence-corrected chi connectivity index (χ3v) is 4.30. The van der Waals surface area contributed by atoms with E-state index in [2.05, 4.69) is 31.3 Å². The lowest BCUT2D eigenvalue weighted by Gasteiger charge is -2.22. The SMILES string of the molecule is CC(C)Cc1ccc(CCC(=O)[C@@]2(C(=O)O)CCCN2)cc1. The Morgan fingerprint density at radius 3 is 2.36 bits per heavy atom. The molecule has 4 nitrogen and oxygen atoms in total. The summed E-state index contributed by atoms with van der Waals surface area (Å²) in [6, 6.07) is 8.28. The third kappa shape index (κ3) is 3.74. The topological polar surface area (TPSA) is 66.4 Å². The molecule has 0 radical (unpaired) electrons. The molecule has 2 N–H and O–H groups in total. The number of hydrogen-bond acceptors (Lipinski definition) is 3. The molecular formula is C18H25NO3. The second-order valence-electron chi connectivity index (χ2n) is 6.58. The average molecular weight is 303 g/mol. The fourth-order valence-corrected chi connectivity index (χ4v) is 3.07. The summed E-state index contributed by atoms with van der Waals surface area (Å²) in [5.74, 6) is -0.623. The number of ketones is 1. The van der Waals surface area contributed by atoms with E-state index in [4.69, 9.17) is 0 Å². The molecular weight excluding hydrogens is 278 g/mol. The normalized spacial score (nSPS) is 21.2. The second-order valence-corrected chi connectivity index (χ2v) is 6.58. The molecule has 1 atom stereocenters. The maximum absolute atomic E-state index is 12.4. The minimum absolute atomic E-state index is 0.205. The van der Waals surface area contributed by atoms with Gasteiger partial charge in [-0.2, -0.15) is 0 Å². The van der Waals surface area contributed by atoms with Gasteiger partial charge < -0.3 is 5.11 Å². The maximum atomic E-state index is 12.4. The predicted molar refractivity (Wildman–Crippen MR) is 85.9 cm³/mol. The van der Waals surface area contributed by atoms with Gasteiger partial charge in [0.2, 0.25) is 0 Å². The van der Waals surface area contributed by atoms with Gasteiger partial charge in [-0.15, -0.1) is 0 Å². The lowest BCUT2D eigenvalue weighted by atomic mass is 9.88. The smallest absolute Gasteiger partial charge is 0.331 e. The van der Waals surface area contributed by atoms with E-state index in [1.165, 1.54) is 5.56 Å². The van der Waals surface area contributed by atoms with Crippen LogP contribution in [-0.2, 0) is 22.4 Å². The average Bonchev–Trinajstić information content (AvgIpc) is 2.96. The first kappa shape index (κ1) is 16.7. The van der Waals surface area contributed by atoms with Crippen molar-refractivity contribution < 1.29 is 14.7 Å². The van der Waals surface area contributed by atoms with Crippen LogP contribution in [0.5, 0.6) is 0 Å². The molecule has 0 amide bonds. The van der Waals surface area contributed by atoms with Gasteiger partial charge in [0.25, 0.3) is 0 Å². The molecule has 1 aliphatic rings. The number of aryl methyl sites for hydroxylation is 1. The van der Waals surface area contributed by atoms with Crippen molar-refractivity contribution in [3.63, 3.8) is 0 Å². The molecule has 0 aromatic heterocycles. The molecule has 0 bridgehead atoms. The zero-order chi connectivity index (χ0) is 16.2. The van der Waals surface area contributed by atoms with E-state index in [-0.39, 0.29) is 12.2 Å². The molecule has 2 rings (SSSR count). The van der Waals surface area contributed by atoms with Crippen LogP contribution >= 0.6 is 0 Å². The molecule has 1 aliphatic heterocycles. The highest BCUT2D eigenvalue weighted by atomic mass is 16.4. The number of carboxylic acids is 1. The number of aliphatic carboxylic acids is 1. The quantitative estimate of drug-likeness (QED) is 0.760. The third-order valence-electron chi connectivity index (χ3n) is 4.30. The van der Waals surface area contributed by atoms with Crippen molar-refractivity contribution in [2.75, 3.05) is 6.54 Å². The van der Waals surface area contributed by atoms with E-state index >= 15 is 0 Å². The van der Waals surface area contributed by atoms with Crippen LogP contribution in [0.4, 0.5) is 0 Å². The molecule has 1 aromatic rings. The minimum atomic E-state index is -1.35. The molecule has 1 aromatic carbocycles. The van der Waals surface area contributed by atoms with Crippen molar-refractivity contribution >= 4 is 11.8 Å². The summed E-state index contributed by atoms with van der Waals surface area (Å²) in [6.45, 7) is 4.97. The molecule has 0 aliphatic carbocycles. The molecule has 1 fully saturated rings. The Balaban J connectivity index is 1.94. The highest BCUT2D eigenvalue weighted by Crippen LogP contribution is 2.23. The number of rotatable bonds is 7. The van der Waals surface area contributed by atoms with E-state index in [9.17, 15) is 14.7 Å². The molecule has 1 heterocycles. The summed E-state index contributed by atoms with van der Waals surface area (Å²) in [5.41, 5.74) is 1.03. The van der Waals surface area contributed by atoms with E-state index in [1.807, 2.05) is 12.1 Å². The van der Waals surface area contributed by atoms with Gasteiger partial charge in [-0.1, -0.05) is 38.1 Å². The number of benzene rings is 1. The Kier molecular flexibility index (Phi) is 5.35. The number of hydrogen-bond donors (Lipinski definition) is 2. The zero-order valence-electron chi connectivity index (χ0n) is 13.4. The first-order valence-corrected chi connectivity index (χ1v) is 8.03. The van der Waals surface area contributed by atoms with Gasteiger partial charge in [0.1, 0.15) is 0 Å². The van der Waals surface area contributed by atoms with Gasteiger partial charge in [-0.3, -0.25) is 10.1 Å². The largest absolute Gasteiger partial charge is 0.480 e. The van der Waals surface area contributed by atoms with Crippen LogP contribution in [-0.4, -0.2) is 28.9 Å². The lowest BCUT2D eigenvalue weighted by Crippen LogP contribution is -2.54. The Hall–Kier alpha value is -1.68. The minimum Gasteiger partial charge on any atom is -0.480 e. The van der Waals surface area contributed by atoms with E-state index in [0.29, 0.717) is 25.3 Å². The molecule has 22 heavy (non-hydrogen) atoms. The van der Waals surface area contributed by atoms with Crippen LogP contribution < -0.4 is 5.32 Å². The molecule has 0 unspecified atom stereocenters. The lowest BCUT2D eigenvalue weighted by molar-refractivity contribution is -0.149. The van der Waals surface area contributed by atoms with Crippen molar-refractivity contribution in [1.29, 1.82) is 0 Å². The molecule has 120 valence electrons. The van der Waals surface area contributed by atoms with Crippen molar-refractivity contribution in [3.8, 4) is 0 Å². The number of carbonyl (C=O) groups excluding carboxylic acids is 1. The van der Waals surface area contributed by atoms with Gasteiger partial charge in [0.05, 0.1) is 0 Å². The van der Waals surface area contributed by atoms with Crippen molar-refractivity contribution in [2.45, 2.75) is 51.5 Å². The highest BCUT2D eigenvalue weighted by molar-refractivity contribution is 6.08. The first-order chi connectivity index (χ1) is 10.4. The van der Waals surface area contributed by atoms with Gasteiger partial charge in [-0.25, -0.2) is 4.79 Å². The van der Waals surface area contributed by atoms with Gasteiger partial charge in [0.15, 0.2) is 11.3 Å². The van der Waals surface area contributed by atoms with Crippen LogP contribution in [0.1, 0.15) is 44.2 Å². The molecule has 1 saturated heterocycles. The number of carbonyl (C=O) groups is 2. The van der Waals surface area contributed by atoms with Gasteiger partial charge in [-0.05, 0) is 49.3 Å². The predicted octanol–water partition coefficient (Wildman–Crippen LogP) is 2.59. The van der Waals surface area contributed by atoms with Crippen LogP contribution in [0, 0.1) is 5.92 Å². The summed E-state index contributed by atoms with van der Waals surface area (Å²) in [7, 11) is 0. The Labute approximate surface area is 131 Å². The van der Waals surface area contributed by atoms with Crippen molar-refractivity contribution in [1.82, 2.24) is 5.32 Å². The summed E-state index contributed by atoms with van der Waals surface area (Å²) in [5, 5.41) is 12.3. The molecule has 4 heteroatoms. The molecule has 0 saturated carbocycles. The number of Topliss-reactive ketones (excluding diaryl/α,β-unsaturated/α-hetero) is 1. The Bertz CT molecular complexity index is 528. The summed E-state index contributed by atoms with van der Waals surface area (Å²) in [6.07, 6.45) is 3.04. The fraction of sp³-hybridized carbons (Fsp3) is 0.556. The molecule has 0 spiro atoms. The van der Waals surface area contributed by atoms with E-state index in [1.54, 1.807) is 0 Å². The van der Waals surface area contributed by atoms with Crippen molar-refractivity contribution in [3.05, 3.63) is 35.4 Å². The van der Waals surface area contributed by atoms with Crippen LogP contribution in [0.25, 0.3) is 0 Å². The van der Waals surface area contributed by atoms with Gasteiger partial charge >= 0.3 is 5.97 Å². The second kappa shape index (κ2) is 7.05.